The van der Waals surface area contributed by atoms with E-state index < -0.39 is 0 Å². The van der Waals surface area contributed by atoms with Crippen molar-refractivity contribution in [1.29, 1.82) is 5.26 Å². The summed E-state index contributed by atoms with van der Waals surface area (Å²) < 4.78 is 1.69. The second kappa shape index (κ2) is 5.84. The molecule has 3 aromatic rings. The van der Waals surface area contributed by atoms with E-state index in [1.807, 2.05) is 42.5 Å². The summed E-state index contributed by atoms with van der Waals surface area (Å²) in [5, 5.41) is 23.8. The number of tetrazole rings is 1. The number of hydrogen-bond donors (Lipinski definition) is 1. The second-order valence-corrected chi connectivity index (χ2v) is 4.39. The van der Waals surface area contributed by atoms with E-state index in [1.54, 1.807) is 16.8 Å². The van der Waals surface area contributed by atoms with Crippen LogP contribution in [0.25, 0.3) is 5.69 Å². The molecule has 6 heteroatoms. The van der Waals surface area contributed by atoms with Crippen LogP contribution in [0.4, 0.5) is 5.69 Å². The number of hydrogen-bond acceptors (Lipinski definition) is 5. The Labute approximate surface area is 121 Å². The summed E-state index contributed by atoms with van der Waals surface area (Å²) in [6, 6.07) is 19.1. The van der Waals surface area contributed by atoms with E-state index in [2.05, 4.69) is 26.9 Å². The lowest BCUT2D eigenvalue weighted by Gasteiger charge is -2.07. The fourth-order valence-corrected chi connectivity index (χ4v) is 1.93. The molecular formula is C15H12N6. The van der Waals surface area contributed by atoms with Crippen LogP contribution >= 0.6 is 0 Å². The summed E-state index contributed by atoms with van der Waals surface area (Å²) in [6.45, 7) is 0.494. The van der Waals surface area contributed by atoms with E-state index in [0.717, 1.165) is 11.4 Å². The van der Waals surface area contributed by atoms with E-state index in [-0.39, 0.29) is 0 Å². The van der Waals surface area contributed by atoms with Gasteiger partial charge in [-0.3, -0.25) is 0 Å². The Morgan fingerprint density at radius 2 is 1.81 bits per heavy atom. The molecule has 2 aromatic carbocycles. The molecule has 0 atom stereocenters. The summed E-state index contributed by atoms with van der Waals surface area (Å²) in [5.74, 6) is 0.713. The highest BCUT2D eigenvalue weighted by Gasteiger charge is 2.07. The lowest BCUT2D eigenvalue weighted by molar-refractivity contribution is 0.768. The molecule has 0 radical (unpaired) electrons. The van der Waals surface area contributed by atoms with Gasteiger partial charge in [-0.25, -0.2) is 0 Å². The van der Waals surface area contributed by atoms with Crippen LogP contribution in [0.1, 0.15) is 11.4 Å². The maximum Gasteiger partial charge on any atom is 0.175 e. The Balaban J connectivity index is 1.74. The first-order valence-corrected chi connectivity index (χ1v) is 6.43. The zero-order valence-electron chi connectivity index (χ0n) is 11.1. The van der Waals surface area contributed by atoms with E-state index in [9.17, 15) is 0 Å². The van der Waals surface area contributed by atoms with Gasteiger partial charge in [0.25, 0.3) is 0 Å². The highest BCUT2D eigenvalue weighted by Crippen LogP contribution is 2.11. The van der Waals surface area contributed by atoms with Gasteiger partial charge < -0.3 is 5.32 Å². The van der Waals surface area contributed by atoms with Crippen LogP contribution in [-0.4, -0.2) is 20.2 Å². The maximum atomic E-state index is 8.77. The second-order valence-electron chi connectivity index (χ2n) is 4.39. The minimum absolute atomic E-state index is 0.494. The third kappa shape index (κ3) is 2.87. The Morgan fingerprint density at radius 1 is 1.05 bits per heavy atom. The van der Waals surface area contributed by atoms with Crippen molar-refractivity contribution in [3.8, 4) is 11.8 Å². The fraction of sp³-hybridized carbons (Fsp3) is 0.0667. The first kappa shape index (κ1) is 12.8. The van der Waals surface area contributed by atoms with Gasteiger partial charge in [0.2, 0.25) is 0 Å². The standard InChI is InChI=1S/C15H12N6/c16-10-12-6-8-13(9-7-12)17-11-15-18-19-20-21(15)14-4-2-1-3-5-14/h1-9,17H,11H2. The van der Waals surface area contributed by atoms with E-state index >= 15 is 0 Å². The van der Waals surface area contributed by atoms with Gasteiger partial charge in [-0.15, -0.1) is 5.10 Å². The fourth-order valence-electron chi connectivity index (χ4n) is 1.93. The van der Waals surface area contributed by atoms with Gasteiger partial charge in [-0.1, -0.05) is 18.2 Å². The third-order valence-electron chi connectivity index (χ3n) is 3.00. The Hall–Kier alpha value is -3.20. The quantitative estimate of drug-likeness (QED) is 0.789. The molecular weight excluding hydrogens is 264 g/mol. The lowest BCUT2D eigenvalue weighted by Crippen LogP contribution is -2.08. The Morgan fingerprint density at radius 3 is 2.52 bits per heavy atom. The van der Waals surface area contributed by atoms with Crippen molar-refractivity contribution >= 4 is 5.69 Å². The Bertz CT molecular complexity index is 755. The van der Waals surface area contributed by atoms with Gasteiger partial charge in [0, 0.05) is 5.69 Å². The zero-order valence-corrected chi connectivity index (χ0v) is 11.1. The van der Waals surface area contributed by atoms with Crippen LogP contribution in [0.2, 0.25) is 0 Å². The molecule has 1 heterocycles. The molecule has 0 aliphatic heterocycles. The lowest BCUT2D eigenvalue weighted by atomic mass is 10.2. The average Bonchev–Trinajstić information content (AvgIpc) is 3.03. The van der Waals surface area contributed by atoms with Crippen molar-refractivity contribution in [1.82, 2.24) is 20.2 Å². The maximum absolute atomic E-state index is 8.77. The van der Waals surface area contributed by atoms with Crippen LogP contribution in [0.5, 0.6) is 0 Å². The summed E-state index contributed by atoms with van der Waals surface area (Å²) >= 11 is 0. The molecule has 3 rings (SSSR count). The van der Waals surface area contributed by atoms with Gasteiger partial charge in [0.05, 0.1) is 23.9 Å². The molecule has 0 spiro atoms. The van der Waals surface area contributed by atoms with Crippen molar-refractivity contribution in [2.75, 3.05) is 5.32 Å². The van der Waals surface area contributed by atoms with Crippen molar-refractivity contribution in [2.24, 2.45) is 0 Å². The van der Waals surface area contributed by atoms with Gasteiger partial charge in [-0.2, -0.15) is 9.94 Å². The van der Waals surface area contributed by atoms with Crippen LogP contribution in [0.3, 0.4) is 0 Å². The molecule has 0 fully saturated rings. The highest BCUT2D eigenvalue weighted by molar-refractivity contribution is 5.47. The van der Waals surface area contributed by atoms with Crippen LogP contribution < -0.4 is 5.32 Å². The molecule has 0 bridgehead atoms. The number of benzene rings is 2. The average molecular weight is 276 g/mol. The predicted octanol–water partition coefficient (Wildman–Crippen LogP) is 2.15. The van der Waals surface area contributed by atoms with Gasteiger partial charge in [-0.05, 0) is 46.8 Å². The predicted molar refractivity (Wildman–Crippen MR) is 77.6 cm³/mol. The van der Waals surface area contributed by atoms with E-state index in [1.165, 1.54) is 0 Å². The normalized spacial score (nSPS) is 10.0. The molecule has 0 unspecified atom stereocenters. The smallest absolute Gasteiger partial charge is 0.175 e. The summed E-state index contributed by atoms with van der Waals surface area (Å²) in [6.07, 6.45) is 0. The van der Waals surface area contributed by atoms with Gasteiger partial charge in [0.1, 0.15) is 0 Å². The van der Waals surface area contributed by atoms with Crippen molar-refractivity contribution < 1.29 is 0 Å². The number of nitrogens with one attached hydrogen (secondary N) is 1. The number of para-hydroxylation sites is 1. The Kier molecular flexibility index (Phi) is 3.56. The van der Waals surface area contributed by atoms with Gasteiger partial charge >= 0.3 is 0 Å². The molecule has 0 amide bonds. The van der Waals surface area contributed by atoms with E-state index in [4.69, 9.17) is 5.26 Å². The number of anilines is 1. The SMILES string of the molecule is N#Cc1ccc(NCc2nnnn2-c2ccccc2)cc1. The molecule has 6 nitrogen and oxygen atoms in total. The third-order valence-corrected chi connectivity index (χ3v) is 3.00. The van der Waals surface area contributed by atoms with Crippen molar-refractivity contribution in [2.45, 2.75) is 6.54 Å². The number of nitriles is 1. The number of rotatable bonds is 4. The molecule has 0 aliphatic rings. The minimum atomic E-state index is 0.494. The van der Waals surface area contributed by atoms with Crippen molar-refractivity contribution in [3.05, 3.63) is 66.0 Å². The van der Waals surface area contributed by atoms with E-state index in [0.29, 0.717) is 17.9 Å². The topological polar surface area (TPSA) is 79.4 Å². The minimum Gasteiger partial charge on any atom is -0.378 e. The highest BCUT2D eigenvalue weighted by atomic mass is 15.5. The zero-order chi connectivity index (χ0) is 14.5. The molecule has 21 heavy (non-hydrogen) atoms. The number of aromatic nitrogens is 4. The first-order valence-electron chi connectivity index (χ1n) is 6.43. The van der Waals surface area contributed by atoms with Crippen LogP contribution in [0, 0.1) is 11.3 Å². The molecule has 1 N–H and O–H groups in total. The largest absolute Gasteiger partial charge is 0.378 e. The number of nitrogens with zero attached hydrogens (tertiary/aromatic N) is 5. The molecule has 102 valence electrons. The van der Waals surface area contributed by atoms with Crippen molar-refractivity contribution in [3.63, 3.8) is 0 Å². The molecule has 0 saturated heterocycles. The summed E-state index contributed by atoms with van der Waals surface area (Å²) in [5.41, 5.74) is 2.46. The molecule has 0 aliphatic carbocycles. The molecule has 0 saturated carbocycles. The first-order chi connectivity index (χ1) is 10.4. The van der Waals surface area contributed by atoms with Gasteiger partial charge in [0.15, 0.2) is 5.82 Å². The molecule has 1 aromatic heterocycles. The summed E-state index contributed by atoms with van der Waals surface area (Å²) in [4.78, 5) is 0. The summed E-state index contributed by atoms with van der Waals surface area (Å²) in [7, 11) is 0. The monoisotopic (exact) mass is 276 g/mol. The van der Waals surface area contributed by atoms with Crippen LogP contribution in [-0.2, 0) is 6.54 Å². The van der Waals surface area contributed by atoms with Crippen LogP contribution in [0.15, 0.2) is 54.6 Å².